The van der Waals surface area contributed by atoms with Crippen LogP contribution in [0, 0.1) is 5.82 Å². The number of hydrogen-bond acceptors (Lipinski definition) is 7. The van der Waals surface area contributed by atoms with Gasteiger partial charge in [0.25, 0.3) is 5.56 Å². The van der Waals surface area contributed by atoms with Crippen LogP contribution in [0.3, 0.4) is 0 Å². The third-order valence-corrected chi connectivity index (χ3v) is 8.68. The minimum absolute atomic E-state index is 0.138. The fraction of sp³-hybridized carbons (Fsp3) is 0.452. The van der Waals surface area contributed by atoms with E-state index in [1.807, 2.05) is 36.4 Å². The Morgan fingerprint density at radius 1 is 1.00 bits per heavy atom. The van der Waals surface area contributed by atoms with Gasteiger partial charge < -0.3 is 15.7 Å². The zero-order valence-electron chi connectivity index (χ0n) is 23.6. The molecule has 10 heteroatoms. The fourth-order valence-electron chi connectivity index (χ4n) is 6.19. The summed E-state index contributed by atoms with van der Waals surface area (Å²) in [6, 6.07) is 13.4. The number of nitrogens with zero attached hydrogens (tertiary/aromatic N) is 6. The summed E-state index contributed by atoms with van der Waals surface area (Å²) in [5.74, 6) is -0.176. The van der Waals surface area contributed by atoms with E-state index >= 15 is 0 Å². The lowest BCUT2D eigenvalue weighted by atomic mass is 9.91. The molecule has 2 aromatic heterocycles. The third kappa shape index (κ3) is 5.64. The summed E-state index contributed by atoms with van der Waals surface area (Å²) in [5, 5.41) is 15.9. The first-order valence-electron chi connectivity index (χ1n) is 14.5. The number of benzene rings is 2. The smallest absolute Gasteiger partial charge is 0.281 e. The maximum absolute atomic E-state index is 15.0. The highest BCUT2D eigenvalue weighted by molar-refractivity contribution is 5.89. The van der Waals surface area contributed by atoms with Crippen molar-refractivity contribution in [3.05, 3.63) is 76.1 Å². The van der Waals surface area contributed by atoms with E-state index in [1.165, 1.54) is 17.3 Å². The first-order valence-corrected chi connectivity index (χ1v) is 14.5. The van der Waals surface area contributed by atoms with Crippen molar-refractivity contribution in [2.24, 2.45) is 12.8 Å². The number of halogens is 1. The molecule has 0 bridgehead atoms. The molecule has 41 heavy (non-hydrogen) atoms. The van der Waals surface area contributed by atoms with Crippen LogP contribution in [0.25, 0.3) is 22.3 Å². The van der Waals surface area contributed by atoms with E-state index in [1.54, 1.807) is 17.8 Å². The van der Waals surface area contributed by atoms with Crippen LogP contribution in [-0.2, 0) is 26.7 Å². The van der Waals surface area contributed by atoms with Crippen molar-refractivity contribution in [2.45, 2.75) is 57.3 Å². The minimum Gasteiger partial charge on any atom is -0.388 e. The molecule has 3 N–H and O–H groups in total. The second kappa shape index (κ2) is 11.3. The lowest BCUT2D eigenvalue weighted by Gasteiger charge is -2.38. The highest BCUT2D eigenvalue weighted by Crippen LogP contribution is 2.29. The first kappa shape index (κ1) is 27.6. The number of nitrogens with two attached hydrogens (primary N) is 1. The van der Waals surface area contributed by atoms with Crippen LogP contribution in [0.4, 0.5) is 10.1 Å². The van der Waals surface area contributed by atoms with Gasteiger partial charge in [0.05, 0.1) is 24.2 Å². The SMILES string of the molecule is Cn1nc2c(=O)n(CC3(O)CCN(Cc4ccc(N5CCCCC5)cc4F)CC3)cnc2c1-c1ccc(CN)cc1. The minimum atomic E-state index is -1.05. The van der Waals surface area contributed by atoms with Gasteiger partial charge in [-0.05, 0) is 49.8 Å². The van der Waals surface area contributed by atoms with Gasteiger partial charge in [0.1, 0.15) is 11.3 Å². The zero-order valence-corrected chi connectivity index (χ0v) is 23.6. The van der Waals surface area contributed by atoms with Gasteiger partial charge in [-0.25, -0.2) is 9.37 Å². The van der Waals surface area contributed by atoms with E-state index in [2.05, 4.69) is 19.9 Å². The van der Waals surface area contributed by atoms with Crippen LogP contribution in [0.2, 0.25) is 0 Å². The van der Waals surface area contributed by atoms with Crippen LogP contribution in [0.1, 0.15) is 43.2 Å². The topological polar surface area (TPSA) is 105 Å². The molecule has 0 amide bonds. The number of hydrogen-bond donors (Lipinski definition) is 2. The summed E-state index contributed by atoms with van der Waals surface area (Å²) >= 11 is 0. The molecule has 216 valence electrons. The number of piperidine rings is 2. The Morgan fingerprint density at radius 2 is 1.73 bits per heavy atom. The van der Waals surface area contributed by atoms with Gasteiger partial charge in [-0.3, -0.25) is 18.9 Å². The summed E-state index contributed by atoms with van der Waals surface area (Å²) in [5.41, 5.74) is 9.52. The van der Waals surface area contributed by atoms with Crippen molar-refractivity contribution >= 4 is 16.7 Å². The highest BCUT2D eigenvalue weighted by Gasteiger charge is 2.34. The highest BCUT2D eigenvalue weighted by atomic mass is 19.1. The van der Waals surface area contributed by atoms with Crippen LogP contribution >= 0.6 is 0 Å². The molecule has 0 spiro atoms. The molecular formula is C31H38FN7O2. The van der Waals surface area contributed by atoms with Crippen LogP contribution < -0.4 is 16.2 Å². The Morgan fingerprint density at radius 3 is 2.41 bits per heavy atom. The van der Waals surface area contributed by atoms with Gasteiger partial charge in [-0.2, -0.15) is 5.10 Å². The molecular weight excluding hydrogens is 521 g/mol. The summed E-state index contributed by atoms with van der Waals surface area (Å²) in [4.78, 5) is 22.4. The Balaban J connectivity index is 1.12. The van der Waals surface area contributed by atoms with Crippen molar-refractivity contribution < 1.29 is 9.50 Å². The van der Waals surface area contributed by atoms with Crippen LogP contribution in [0.15, 0.2) is 53.6 Å². The molecule has 2 aliphatic heterocycles. The second-order valence-corrected chi connectivity index (χ2v) is 11.6. The molecule has 6 rings (SSSR count). The lowest BCUT2D eigenvalue weighted by Crippen LogP contribution is -2.47. The molecule has 2 aromatic carbocycles. The van der Waals surface area contributed by atoms with Crippen molar-refractivity contribution in [1.82, 2.24) is 24.2 Å². The number of aliphatic hydroxyl groups is 1. The lowest BCUT2D eigenvalue weighted by molar-refractivity contribution is -0.0366. The largest absolute Gasteiger partial charge is 0.388 e. The molecule has 0 aliphatic carbocycles. The predicted molar refractivity (Wildman–Crippen MR) is 158 cm³/mol. The molecule has 0 atom stereocenters. The molecule has 9 nitrogen and oxygen atoms in total. The summed E-state index contributed by atoms with van der Waals surface area (Å²) in [6.45, 7) is 4.29. The number of fused-ring (bicyclic) bond motifs is 1. The number of rotatable bonds is 7. The van der Waals surface area contributed by atoms with Gasteiger partial charge in [0.15, 0.2) is 5.52 Å². The van der Waals surface area contributed by atoms with E-state index in [4.69, 9.17) is 5.73 Å². The molecule has 2 fully saturated rings. The average Bonchev–Trinajstić information content (AvgIpc) is 3.34. The van der Waals surface area contributed by atoms with Crippen molar-refractivity contribution in [1.29, 1.82) is 0 Å². The maximum atomic E-state index is 15.0. The van der Waals surface area contributed by atoms with E-state index in [-0.39, 0.29) is 23.4 Å². The van der Waals surface area contributed by atoms with E-state index < -0.39 is 5.60 Å². The normalized spacial score (nSPS) is 17.8. The monoisotopic (exact) mass is 559 g/mol. The summed E-state index contributed by atoms with van der Waals surface area (Å²) < 4.78 is 18.1. The zero-order chi connectivity index (χ0) is 28.6. The summed E-state index contributed by atoms with van der Waals surface area (Å²) in [7, 11) is 1.80. The number of anilines is 1. The number of likely N-dealkylation sites (tertiary alicyclic amines) is 1. The predicted octanol–water partition coefficient (Wildman–Crippen LogP) is 3.41. The fourth-order valence-corrected chi connectivity index (χ4v) is 6.19. The van der Waals surface area contributed by atoms with E-state index in [9.17, 15) is 14.3 Å². The van der Waals surface area contributed by atoms with Gasteiger partial charge >= 0.3 is 0 Å². The molecule has 0 radical (unpaired) electrons. The molecule has 2 saturated heterocycles. The second-order valence-electron chi connectivity index (χ2n) is 11.6. The first-order chi connectivity index (χ1) is 19.8. The van der Waals surface area contributed by atoms with Crippen molar-refractivity contribution in [3.8, 4) is 11.3 Å². The molecule has 2 aliphatic rings. The third-order valence-electron chi connectivity index (χ3n) is 8.68. The Labute approximate surface area is 239 Å². The quantitative estimate of drug-likeness (QED) is 0.358. The van der Waals surface area contributed by atoms with Crippen LogP contribution in [-0.4, -0.2) is 61.1 Å². The van der Waals surface area contributed by atoms with E-state index in [0.29, 0.717) is 50.1 Å². The van der Waals surface area contributed by atoms with Gasteiger partial charge in [0.2, 0.25) is 0 Å². The Bertz CT molecular complexity index is 1580. The van der Waals surface area contributed by atoms with Gasteiger partial charge in [-0.1, -0.05) is 30.3 Å². The molecule has 4 aromatic rings. The standard InChI is InChI=1S/C31H38FN7O2/c1-36-29(23-7-5-22(18-33)6-8-23)27-28(35-36)30(40)39(21-34-27)20-31(41)11-15-37(16-12-31)19-24-9-10-25(17-26(24)32)38-13-3-2-4-14-38/h5-10,17,21,41H,2-4,11-16,18-20,33H2,1H3. The van der Waals surface area contributed by atoms with Crippen molar-refractivity contribution in [3.63, 3.8) is 0 Å². The Kier molecular flexibility index (Phi) is 7.63. The number of aromatic nitrogens is 4. The van der Waals surface area contributed by atoms with Crippen LogP contribution in [0.5, 0.6) is 0 Å². The van der Waals surface area contributed by atoms with Gasteiger partial charge in [-0.15, -0.1) is 0 Å². The van der Waals surface area contributed by atoms with E-state index in [0.717, 1.165) is 48.4 Å². The average molecular weight is 560 g/mol. The summed E-state index contributed by atoms with van der Waals surface area (Å²) in [6.07, 6.45) is 6.02. The van der Waals surface area contributed by atoms with Gasteiger partial charge in [0, 0.05) is 63.1 Å². The van der Waals surface area contributed by atoms with Crippen molar-refractivity contribution in [2.75, 3.05) is 31.1 Å². The Hall–Kier alpha value is -3.60. The maximum Gasteiger partial charge on any atom is 0.281 e. The molecule has 0 saturated carbocycles. The molecule has 0 unspecified atom stereocenters. The number of aryl methyl sites for hydroxylation is 1. The molecule has 4 heterocycles.